The highest BCUT2D eigenvalue weighted by Crippen LogP contribution is 2.33. The van der Waals surface area contributed by atoms with Crippen LogP contribution < -0.4 is 4.90 Å². The molecule has 1 fully saturated rings. The summed E-state index contributed by atoms with van der Waals surface area (Å²) >= 11 is 0. The van der Waals surface area contributed by atoms with Gasteiger partial charge in [-0.05, 0) is 52.3 Å². The first kappa shape index (κ1) is 15.3. The molecule has 0 unspecified atom stereocenters. The van der Waals surface area contributed by atoms with Crippen molar-refractivity contribution in [2.24, 2.45) is 0 Å². The van der Waals surface area contributed by atoms with E-state index in [1.807, 2.05) is 32.6 Å². The molecule has 0 saturated carbocycles. The van der Waals surface area contributed by atoms with E-state index in [-0.39, 0.29) is 17.0 Å². The van der Waals surface area contributed by atoms with Crippen LogP contribution in [0.1, 0.15) is 46.3 Å². The summed E-state index contributed by atoms with van der Waals surface area (Å²) in [5, 5.41) is 9.52. The third kappa shape index (κ3) is 3.30. The molecular formula is C16H24FNO2. The van der Waals surface area contributed by atoms with E-state index in [9.17, 15) is 9.50 Å². The van der Waals surface area contributed by atoms with Crippen molar-refractivity contribution >= 4 is 5.69 Å². The minimum Gasteiger partial charge on any atom is -0.389 e. The van der Waals surface area contributed by atoms with Gasteiger partial charge in [-0.2, -0.15) is 0 Å². The Labute approximate surface area is 120 Å². The number of aliphatic hydroxyl groups is 1. The van der Waals surface area contributed by atoms with Crippen LogP contribution in [0.5, 0.6) is 0 Å². The van der Waals surface area contributed by atoms with Crippen LogP contribution >= 0.6 is 0 Å². The lowest BCUT2D eigenvalue weighted by Crippen LogP contribution is -2.57. The number of morpholine rings is 1. The zero-order valence-corrected chi connectivity index (χ0v) is 12.9. The summed E-state index contributed by atoms with van der Waals surface area (Å²) in [6.45, 7) is 11.0. The number of aliphatic hydroxyl groups excluding tert-OH is 1. The predicted molar refractivity (Wildman–Crippen MR) is 78.5 cm³/mol. The summed E-state index contributed by atoms with van der Waals surface area (Å²) in [4.78, 5) is 2.02. The van der Waals surface area contributed by atoms with E-state index in [2.05, 4.69) is 0 Å². The van der Waals surface area contributed by atoms with Gasteiger partial charge < -0.3 is 14.7 Å². The van der Waals surface area contributed by atoms with Gasteiger partial charge in [-0.15, -0.1) is 0 Å². The first-order valence-corrected chi connectivity index (χ1v) is 7.02. The Hall–Kier alpha value is -1.13. The van der Waals surface area contributed by atoms with Crippen molar-refractivity contribution in [1.29, 1.82) is 0 Å². The van der Waals surface area contributed by atoms with Crippen molar-refractivity contribution in [1.82, 2.24) is 0 Å². The Morgan fingerprint density at radius 3 is 2.20 bits per heavy atom. The Morgan fingerprint density at radius 1 is 1.20 bits per heavy atom. The third-order valence-electron chi connectivity index (χ3n) is 3.49. The van der Waals surface area contributed by atoms with E-state index in [1.54, 1.807) is 19.1 Å². The van der Waals surface area contributed by atoms with Crippen LogP contribution in [0.25, 0.3) is 0 Å². The van der Waals surface area contributed by atoms with Gasteiger partial charge in [0.2, 0.25) is 0 Å². The largest absolute Gasteiger partial charge is 0.389 e. The highest BCUT2D eigenvalue weighted by Gasteiger charge is 2.38. The lowest BCUT2D eigenvalue weighted by atomic mass is 9.98. The number of halogens is 1. The van der Waals surface area contributed by atoms with Crippen molar-refractivity contribution < 1.29 is 14.2 Å². The van der Waals surface area contributed by atoms with Crippen LogP contribution in [0.15, 0.2) is 18.2 Å². The molecule has 1 aromatic carbocycles. The highest BCUT2D eigenvalue weighted by atomic mass is 19.1. The topological polar surface area (TPSA) is 32.7 Å². The van der Waals surface area contributed by atoms with Gasteiger partial charge in [0.15, 0.2) is 0 Å². The lowest BCUT2D eigenvalue weighted by molar-refractivity contribution is -0.133. The van der Waals surface area contributed by atoms with Gasteiger partial charge in [0, 0.05) is 13.1 Å². The summed E-state index contributed by atoms with van der Waals surface area (Å²) in [5.41, 5.74) is 0.519. The molecule has 0 aromatic heterocycles. The zero-order chi connectivity index (χ0) is 15.1. The molecule has 0 radical (unpaired) electrons. The number of rotatable bonds is 2. The van der Waals surface area contributed by atoms with Crippen LogP contribution in [0.2, 0.25) is 0 Å². The van der Waals surface area contributed by atoms with Crippen molar-refractivity contribution in [3.63, 3.8) is 0 Å². The highest BCUT2D eigenvalue weighted by molar-refractivity contribution is 5.50. The van der Waals surface area contributed by atoms with Gasteiger partial charge in [0.1, 0.15) is 5.82 Å². The minimum atomic E-state index is -0.656. The predicted octanol–water partition coefficient (Wildman–Crippen LogP) is 3.27. The third-order valence-corrected chi connectivity index (χ3v) is 3.49. The Kier molecular flexibility index (Phi) is 3.82. The number of hydrogen-bond acceptors (Lipinski definition) is 3. The molecule has 2 rings (SSSR count). The van der Waals surface area contributed by atoms with Crippen LogP contribution in [0.3, 0.4) is 0 Å². The molecular weight excluding hydrogens is 257 g/mol. The summed E-state index contributed by atoms with van der Waals surface area (Å²) < 4.78 is 20.3. The first-order chi connectivity index (χ1) is 9.10. The number of anilines is 1. The molecule has 1 heterocycles. The molecule has 1 saturated heterocycles. The fourth-order valence-corrected chi connectivity index (χ4v) is 3.00. The van der Waals surface area contributed by atoms with Gasteiger partial charge in [-0.1, -0.05) is 6.07 Å². The Balaban J connectivity index is 2.31. The molecule has 0 aliphatic carbocycles. The fraction of sp³-hybridized carbons (Fsp3) is 0.625. The van der Waals surface area contributed by atoms with Crippen LogP contribution in [-0.2, 0) is 4.74 Å². The molecule has 1 N–H and O–H groups in total. The van der Waals surface area contributed by atoms with E-state index in [1.165, 1.54) is 6.07 Å². The number of ether oxygens (including phenoxy) is 1. The average molecular weight is 281 g/mol. The van der Waals surface area contributed by atoms with Crippen LogP contribution in [0.4, 0.5) is 10.1 Å². The maximum Gasteiger partial charge on any atom is 0.146 e. The molecule has 1 aliphatic rings. The molecule has 4 heteroatoms. The number of hydrogen-bond donors (Lipinski definition) is 1. The Morgan fingerprint density at radius 2 is 1.75 bits per heavy atom. The molecule has 1 aliphatic heterocycles. The van der Waals surface area contributed by atoms with Crippen LogP contribution in [-0.4, -0.2) is 29.4 Å². The summed E-state index contributed by atoms with van der Waals surface area (Å²) in [5.74, 6) is -0.295. The molecule has 3 nitrogen and oxygen atoms in total. The molecule has 0 bridgehead atoms. The average Bonchev–Trinajstić information content (AvgIpc) is 2.24. The molecule has 20 heavy (non-hydrogen) atoms. The fourth-order valence-electron chi connectivity index (χ4n) is 3.00. The molecule has 1 atom stereocenters. The van der Waals surface area contributed by atoms with Gasteiger partial charge in [0.05, 0.1) is 23.0 Å². The normalized spacial score (nSPS) is 22.6. The first-order valence-electron chi connectivity index (χ1n) is 7.02. The van der Waals surface area contributed by atoms with E-state index in [0.717, 1.165) is 0 Å². The molecule has 0 amide bonds. The van der Waals surface area contributed by atoms with Crippen molar-refractivity contribution in [2.75, 3.05) is 18.0 Å². The SMILES string of the molecule is C[C@H](O)c1ccc(N2CC(C)(C)OC(C)(C)C2)c(F)c1. The van der Waals surface area contributed by atoms with Gasteiger partial charge in [-0.3, -0.25) is 0 Å². The maximum atomic E-state index is 14.3. The summed E-state index contributed by atoms with van der Waals surface area (Å²) in [6, 6.07) is 4.93. The number of benzene rings is 1. The monoisotopic (exact) mass is 281 g/mol. The molecule has 0 spiro atoms. The van der Waals surface area contributed by atoms with Crippen molar-refractivity contribution in [3.05, 3.63) is 29.6 Å². The molecule has 1 aromatic rings. The van der Waals surface area contributed by atoms with Crippen LogP contribution in [0, 0.1) is 5.82 Å². The van der Waals surface area contributed by atoms with E-state index in [0.29, 0.717) is 24.3 Å². The molecule has 112 valence electrons. The standard InChI is InChI=1S/C16H24FNO2/c1-11(19)12-6-7-14(13(17)8-12)18-9-15(2,3)20-16(4,5)10-18/h6-8,11,19H,9-10H2,1-5H3/t11-/m0/s1. The van der Waals surface area contributed by atoms with E-state index < -0.39 is 6.10 Å². The smallest absolute Gasteiger partial charge is 0.146 e. The lowest BCUT2D eigenvalue weighted by Gasteiger charge is -2.48. The van der Waals surface area contributed by atoms with Crippen molar-refractivity contribution in [2.45, 2.75) is 51.9 Å². The minimum absolute atomic E-state index is 0.295. The van der Waals surface area contributed by atoms with Gasteiger partial charge in [0.25, 0.3) is 0 Å². The van der Waals surface area contributed by atoms with Gasteiger partial charge in [-0.25, -0.2) is 4.39 Å². The van der Waals surface area contributed by atoms with E-state index >= 15 is 0 Å². The van der Waals surface area contributed by atoms with Gasteiger partial charge >= 0.3 is 0 Å². The quantitative estimate of drug-likeness (QED) is 0.903. The number of nitrogens with zero attached hydrogens (tertiary/aromatic N) is 1. The second-order valence-electron chi connectivity index (χ2n) is 6.86. The summed E-state index contributed by atoms with van der Waals surface area (Å²) in [6.07, 6.45) is -0.656. The zero-order valence-electron chi connectivity index (χ0n) is 12.9. The second-order valence-corrected chi connectivity index (χ2v) is 6.86. The maximum absolute atomic E-state index is 14.3. The Bertz CT molecular complexity index is 481. The van der Waals surface area contributed by atoms with Crippen molar-refractivity contribution in [3.8, 4) is 0 Å². The second kappa shape index (κ2) is 5.01. The van der Waals surface area contributed by atoms with E-state index in [4.69, 9.17) is 4.74 Å². The summed E-state index contributed by atoms with van der Waals surface area (Å²) in [7, 11) is 0.